The summed E-state index contributed by atoms with van der Waals surface area (Å²) in [5.74, 6) is -0.931. The third-order valence-electron chi connectivity index (χ3n) is 4.59. The van der Waals surface area contributed by atoms with Crippen molar-refractivity contribution in [2.45, 2.75) is 18.9 Å². The monoisotopic (exact) mass is 419 g/mol. The van der Waals surface area contributed by atoms with E-state index >= 15 is 0 Å². The molecule has 1 fully saturated rings. The summed E-state index contributed by atoms with van der Waals surface area (Å²) in [5, 5.41) is 3.75. The van der Waals surface area contributed by atoms with Gasteiger partial charge in [0.2, 0.25) is 5.91 Å². The molecule has 0 saturated carbocycles. The molecule has 146 valence electrons. The zero-order valence-corrected chi connectivity index (χ0v) is 16.8. The Morgan fingerprint density at radius 3 is 2.46 bits per heavy atom. The van der Waals surface area contributed by atoms with Crippen molar-refractivity contribution in [1.29, 1.82) is 0 Å². The Labute approximate surface area is 173 Å². The lowest BCUT2D eigenvalue weighted by Crippen LogP contribution is -2.39. The van der Waals surface area contributed by atoms with E-state index in [2.05, 4.69) is 5.32 Å². The molecule has 1 unspecified atom stereocenters. The molecular formula is C20H19ClFN3O2S. The second kappa shape index (κ2) is 8.67. The van der Waals surface area contributed by atoms with Gasteiger partial charge in [-0.25, -0.2) is 4.39 Å². The number of halogens is 2. The molecular weight excluding hydrogens is 401 g/mol. The molecule has 0 bridgehead atoms. The number of thiocarbonyl (C=S) groups is 1. The smallest absolute Gasteiger partial charge is 0.251 e. The van der Waals surface area contributed by atoms with Crippen LogP contribution in [0.3, 0.4) is 0 Å². The normalized spacial score (nSPS) is 16.6. The Hall–Kier alpha value is -2.51. The van der Waals surface area contributed by atoms with Crippen molar-refractivity contribution in [3.63, 3.8) is 0 Å². The molecule has 1 N–H and O–H groups in total. The number of amides is 2. The second-order valence-corrected chi connectivity index (χ2v) is 7.33. The first-order valence-electron chi connectivity index (χ1n) is 8.73. The molecule has 0 aliphatic carbocycles. The van der Waals surface area contributed by atoms with Gasteiger partial charge < -0.3 is 10.2 Å². The second-order valence-electron chi connectivity index (χ2n) is 6.52. The number of carbonyl (C=O) groups excluding carboxylic acids is 2. The minimum Gasteiger partial charge on any atom is -0.336 e. The summed E-state index contributed by atoms with van der Waals surface area (Å²) in [4.78, 5) is 28.1. The predicted octanol–water partition coefficient (Wildman–Crippen LogP) is 3.48. The standard InChI is InChI=1S/C20H19ClFN3O2S/c1-24-19(27)17(12-18(26)23-16-8-6-15(22)7-9-16)25(20(24)28)11-10-13-2-4-14(21)5-3-13/h2-9,17H,10-12H2,1H3,(H,23,26). The topological polar surface area (TPSA) is 52.7 Å². The van der Waals surface area contributed by atoms with Gasteiger partial charge in [0.25, 0.3) is 5.91 Å². The molecule has 0 spiro atoms. The fourth-order valence-electron chi connectivity index (χ4n) is 3.05. The van der Waals surface area contributed by atoms with Crippen LogP contribution in [0.1, 0.15) is 12.0 Å². The lowest BCUT2D eigenvalue weighted by atomic mass is 10.1. The van der Waals surface area contributed by atoms with E-state index in [1.54, 1.807) is 11.9 Å². The minimum absolute atomic E-state index is 0.0404. The highest BCUT2D eigenvalue weighted by molar-refractivity contribution is 7.80. The average Bonchev–Trinajstić information content (AvgIpc) is 2.87. The largest absolute Gasteiger partial charge is 0.336 e. The van der Waals surface area contributed by atoms with Gasteiger partial charge in [-0.05, 0) is 60.6 Å². The fourth-order valence-corrected chi connectivity index (χ4v) is 3.48. The SMILES string of the molecule is CN1C(=O)C(CC(=O)Nc2ccc(F)cc2)N(CCc2ccc(Cl)cc2)C1=S. The van der Waals surface area contributed by atoms with Crippen LogP contribution in [0.15, 0.2) is 48.5 Å². The first kappa shape index (κ1) is 20.2. The van der Waals surface area contributed by atoms with Crippen LogP contribution in [-0.2, 0) is 16.0 Å². The summed E-state index contributed by atoms with van der Waals surface area (Å²) < 4.78 is 13.0. The maximum Gasteiger partial charge on any atom is 0.251 e. The van der Waals surface area contributed by atoms with E-state index in [4.69, 9.17) is 23.8 Å². The van der Waals surface area contributed by atoms with E-state index in [9.17, 15) is 14.0 Å². The summed E-state index contributed by atoms with van der Waals surface area (Å²) >= 11 is 11.3. The first-order valence-corrected chi connectivity index (χ1v) is 9.52. The van der Waals surface area contributed by atoms with Gasteiger partial charge in [-0.1, -0.05) is 23.7 Å². The Kier molecular flexibility index (Phi) is 6.26. The molecule has 1 heterocycles. The van der Waals surface area contributed by atoms with Crippen LogP contribution in [0.5, 0.6) is 0 Å². The number of likely N-dealkylation sites (N-methyl/N-ethyl adjacent to an activating group) is 1. The van der Waals surface area contributed by atoms with Crippen molar-refractivity contribution < 1.29 is 14.0 Å². The predicted molar refractivity (Wildman–Crippen MR) is 111 cm³/mol. The zero-order chi connectivity index (χ0) is 20.3. The molecule has 2 aromatic rings. The van der Waals surface area contributed by atoms with Gasteiger partial charge in [-0.2, -0.15) is 0 Å². The molecule has 2 amide bonds. The quantitative estimate of drug-likeness (QED) is 0.728. The van der Waals surface area contributed by atoms with E-state index in [1.165, 1.54) is 29.2 Å². The molecule has 1 aliphatic rings. The number of carbonyl (C=O) groups is 2. The summed E-state index contributed by atoms with van der Waals surface area (Å²) in [5.41, 5.74) is 1.53. The zero-order valence-electron chi connectivity index (χ0n) is 15.2. The van der Waals surface area contributed by atoms with Gasteiger partial charge in [-0.15, -0.1) is 0 Å². The van der Waals surface area contributed by atoms with Gasteiger partial charge in [-0.3, -0.25) is 14.5 Å². The summed E-state index contributed by atoms with van der Waals surface area (Å²) in [6, 6.07) is 12.3. The number of anilines is 1. The van der Waals surface area contributed by atoms with Gasteiger partial charge >= 0.3 is 0 Å². The summed E-state index contributed by atoms with van der Waals surface area (Å²) in [6.07, 6.45) is 0.621. The summed E-state index contributed by atoms with van der Waals surface area (Å²) in [6.45, 7) is 0.505. The average molecular weight is 420 g/mol. The van der Waals surface area contributed by atoms with Crippen LogP contribution in [0, 0.1) is 5.82 Å². The first-order chi connectivity index (χ1) is 13.3. The summed E-state index contributed by atoms with van der Waals surface area (Å²) in [7, 11) is 1.61. The molecule has 3 rings (SSSR count). The number of nitrogens with one attached hydrogen (secondary N) is 1. The van der Waals surface area contributed by atoms with Gasteiger partial charge in [0, 0.05) is 24.3 Å². The van der Waals surface area contributed by atoms with Gasteiger partial charge in [0.05, 0.1) is 6.42 Å². The molecule has 1 saturated heterocycles. The van der Waals surface area contributed by atoms with Crippen molar-refractivity contribution in [2.75, 3.05) is 18.9 Å². The van der Waals surface area contributed by atoms with E-state index < -0.39 is 6.04 Å². The van der Waals surface area contributed by atoms with E-state index in [0.29, 0.717) is 28.8 Å². The molecule has 0 aromatic heterocycles. The number of hydrogen-bond donors (Lipinski definition) is 1. The highest BCUT2D eigenvalue weighted by Gasteiger charge is 2.41. The molecule has 1 aliphatic heterocycles. The molecule has 2 aromatic carbocycles. The van der Waals surface area contributed by atoms with Crippen LogP contribution in [0.25, 0.3) is 0 Å². The van der Waals surface area contributed by atoms with Crippen LogP contribution < -0.4 is 5.32 Å². The van der Waals surface area contributed by atoms with Gasteiger partial charge in [0.15, 0.2) is 5.11 Å². The van der Waals surface area contributed by atoms with Crippen LogP contribution in [0.4, 0.5) is 10.1 Å². The maximum atomic E-state index is 13.0. The third kappa shape index (κ3) is 4.66. The highest BCUT2D eigenvalue weighted by Crippen LogP contribution is 2.21. The number of nitrogens with zero attached hydrogens (tertiary/aromatic N) is 2. The van der Waals surface area contributed by atoms with Crippen LogP contribution >= 0.6 is 23.8 Å². The molecule has 1 atom stereocenters. The third-order valence-corrected chi connectivity index (χ3v) is 5.35. The molecule has 0 radical (unpaired) electrons. The van der Waals surface area contributed by atoms with Crippen molar-refractivity contribution in [2.24, 2.45) is 0 Å². The number of rotatable bonds is 6. The lowest BCUT2D eigenvalue weighted by molar-refractivity contribution is -0.130. The minimum atomic E-state index is -0.662. The Bertz CT molecular complexity index is 889. The Balaban J connectivity index is 1.66. The number of hydrogen-bond acceptors (Lipinski definition) is 3. The fraction of sp³-hybridized carbons (Fsp3) is 0.250. The van der Waals surface area contributed by atoms with Crippen molar-refractivity contribution in [3.8, 4) is 0 Å². The highest BCUT2D eigenvalue weighted by atomic mass is 35.5. The van der Waals surface area contributed by atoms with Crippen molar-refractivity contribution in [3.05, 3.63) is 64.9 Å². The van der Waals surface area contributed by atoms with E-state index in [-0.39, 0.29) is 24.1 Å². The van der Waals surface area contributed by atoms with Crippen molar-refractivity contribution >= 4 is 46.4 Å². The van der Waals surface area contributed by atoms with Crippen LogP contribution in [-0.4, -0.2) is 46.4 Å². The van der Waals surface area contributed by atoms with Crippen LogP contribution in [0.2, 0.25) is 5.02 Å². The van der Waals surface area contributed by atoms with E-state index in [1.807, 2.05) is 24.3 Å². The molecule has 5 nitrogen and oxygen atoms in total. The van der Waals surface area contributed by atoms with Crippen molar-refractivity contribution in [1.82, 2.24) is 9.80 Å². The molecule has 28 heavy (non-hydrogen) atoms. The maximum absolute atomic E-state index is 13.0. The lowest BCUT2D eigenvalue weighted by Gasteiger charge is -2.23. The van der Waals surface area contributed by atoms with Gasteiger partial charge in [0.1, 0.15) is 11.9 Å². The van der Waals surface area contributed by atoms with E-state index in [0.717, 1.165) is 5.56 Å². The Morgan fingerprint density at radius 2 is 1.82 bits per heavy atom. The molecule has 8 heteroatoms. The Morgan fingerprint density at radius 1 is 1.18 bits per heavy atom. The number of benzene rings is 2.